The highest BCUT2D eigenvalue weighted by Gasteiger charge is 2.14. The van der Waals surface area contributed by atoms with Crippen molar-refractivity contribution in [1.29, 1.82) is 0 Å². The number of fused-ring (bicyclic) bond motifs is 1. The Bertz CT molecular complexity index is 687. The highest BCUT2D eigenvalue weighted by atomic mass is 16.4. The molecule has 5 heteroatoms. The van der Waals surface area contributed by atoms with E-state index in [4.69, 9.17) is 8.83 Å². The molecule has 20 heavy (non-hydrogen) atoms. The van der Waals surface area contributed by atoms with Crippen LogP contribution in [0.1, 0.15) is 19.2 Å². The zero-order chi connectivity index (χ0) is 13.8. The topological polar surface area (TPSA) is 64.1 Å². The van der Waals surface area contributed by atoms with Crippen LogP contribution in [-0.2, 0) is 6.42 Å². The molecular formula is C15H17N3O2. The minimum atomic E-state index is 0.514. The van der Waals surface area contributed by atoms with Gasteiger partial charge in [-0.05, 0) is 19.0 Å². The molecule has 104 valence electrons. The SMILES string of the molecule is CCCNCCc1nnc(-c2coc3ccccc23)o1. The number of para-hydroxylation sites is 1. The number of rotatable bonds is 6. The third-order valence-corrected chi connectivity index (χ3v) is 3.12. The fourth-order valence-corrected chi connectivity index (χ4v) is 2.10. The normalized spacial score (nSPS) is 11.2. The minimum Gasteiger partial charge on any atom is -0.463 e. The lowest BCUT2D eigenvalue weighted by Crippen LogP contribution is -2.17. The van der Waals surface area contributed by atoms with Crippen molar-refractivity contribution in [3.63, 3.8) is 0 Å². The number of aromatic nitrogens is 2. The molecule has 0 atom stereocenters. The predicted molar refractivity (Wildman–Crippen MR) is 76.4 cm³/mol. The van der Waals surface area contributed by atoms with Crippen LogP contribution in [0.2, 0.25) is 0 Å². The van der Waals surface area contributed by atoms with Crippen molar-refractivity contribution in [2.45, 2.75) is 19.8 Å². The van der Waals surface area contributed by atoms with Crippen LogP contribution in [0.4, 0.5) is 0 Å². The van der Waals surface area contributed by atoms with Gasteiger partial charge in [0.2, 0.25) is 5.89 Å². The average Bonchev–Trinajstić information content (AvgIpc) is 3.10. The van der Waals surface area contributed by atoms with Gasteiger partial charge in [-0.15, -0.1) is 10.2 Å². The highest BCUT2D eigenvalue weighted by molar-refractivity contribution is 5.91. The van der Waals surface area contributed by atoms with E-state index in [2.05, 4.69) is 22.4 Å². The molecule has 3 aromatic rings. The maximum Gasteiger partial charge on any atom is 0.251 e. The molecule has 0 spiro atoms. The van der Waals surface area contributed by atoms with E-state index in [0.717, 1.165) is 42.5 Å². The molecule has 0 aliphatic carbocycles. The van der Waals surface area contributed by atoms with Gasteiger partial charge in [0.25, 0.3) is 5.89 Å². The molecule has 0 saturated heterocycles. The molecule has 1 N–H and O–H groups in total. The van der Waals surface area contributed by atoms with Gasteiger partial charge in [-0.2, -0.15) is 0 Å². The van der Waals surface area contributed by atoms with Crippen LogP contribution in [0, 0.1) is 0 Å². The second-order valence-electron chi connectivity index (χ2n) is 4.65. The summed E-state index contributed by atoms with van der Waals surface area (Å²) in [5, 5.41) is 12.5. The second kappa shape index (κ2) is 5.88. The third-order valence-electron chi connectivity index (χ3n) is 3.12. The van der Waals surface area contributed by atoms with E-state index < -0.39 is 0 Å². The summed E-state index contributed by atoms with van der Waals surface area (Å²) in [5.74, 6) is 1.16. The lowest BCUT2D eigenvalue weighted by Gasteiger charge is -1.98. The van der Waals surface area contributed by atoms with Gasteiger partial charge in [-0.3, -0.25) is 0 Å². The van der Waals surface area contributed by atoms with Gasteiger partial charge in [-0.25, -0.2) is 0 Å². The summed E-state index contributed by atoms with van der Waals surface area (Å²) >= 11 is 0. The summed E-state index contributed by atoms with van der Waals surface area (Å²) in [6, 6.07) is 7.81. The first kappa shape index (κ1) is 12.9. The number of hydrogen-bond donors (Lipinski definition) is 1. The van der Waals surface area contributed by atoms with E-state index in [1.54, 1.807) is 6.26 Å². The van der Waals surface area contributed by atoms with E-state index in [9.17, 15) is 0 Å². The van der Waals surface area contributed by atoms with Crippen molar-refractivity contribution in [2.75, 3.05) is 13.1 Å². The summed E-state index contributed by atoms with van der Waals surface area (Å²) in [6.45, 7) is 4.00. The van der Waals surface area contributed by atoms with Gasteiger partial charge in [0.1, 0.15) is 11.8 Å². The third kappa shape index (κ3) is 2.58. The Hall–Kier alpha value is -2.14. The highest BCUT2D eigenvalue weighted by Crippen LogP contribution is 2.29. The van der Waals surface area contributed by atoms with E-state index in [0.29, 0.717) is 11.8 Å². The summed E-state index contributed by atoms with van der Waals surface area (Å²) in [5.41, 5.74) is 1.67. The summed E-state index contributed by atoms with van der Waals surface area (Å²) in [4.78, 5) is 0. The molecule has 0 amide bonds. The summed E-state index contributed by atoms with van der Waals surface area (Å²) in [6.07, 6.45) is 3.52. The van der Waals surface area contributed by atoms with Gasteiger partial charge in [0, 0.05) is 18.4 Å². The van der Waals surface area contributed by atoms with E-state index in [1.165, 1.54) is 0 Å². The van der Waals surface area contributed by atoms with E-state index >= 15 is 0 Å². The zero-order valence-corrected chi connectivity index (χ0v) is 11.4. The van der Waals surface area contributed by atoms with E-state index in [1.807, 2.05) is 24.3 Å². The average molecular weight is 271 g/mol. The molecule has 0 radical (unpaired) electrons. The molecule has 1 aromatic carbocycles. The van der Waals surface area contributed by atoms with Crippen molar-refractivity contribution < 1.29 is 8.83 Å². The fourth-order valence-electron chi connectivity index (χ4n) is 2.10. The molecule has 2 aromatic heterocycles. The molecule has 0 aliphatic heterocycles. The number of benzene rings is 1. The molecular weight excluding hydrogens is 254 g/mol. The first-order valence-electron chi connectivity index (χ1n) is 6.88. The Kier molecular flexibility index (Phi) is 3.78. The lowest BCUT2D eigenvalue weighted by molar-refractivity contribution is 0.493. The van der Waals surface area contributed by atoms with Gasteiger partial charge >= 0.3 is 0 Å². The van der Waals surface area contributed by atoms with Crippen molar-refractivity contribution in [2.24, 2.45) is 0 Å². The number of hydrogen-bond acceptors (Lipinski definition) is 5. The first-order valence-corrected chi connectivity index (χ1v) is 6.88. The minimum absolute atomic E-state index is 0.514. The number of nitrogens with zero attached hydrogens (tertiary/aromatic N) is 2. The van der Waals surface area contributed by atoms with Gasteiger partial charge in [0.15, 0.2) is 0 Å². The van der Waals surface area contributed by atoms with Crippen LogP contribution >= 0.6 is 0 Å². The van der Waals surface area contributed by atoms with Crippen LogP contribution in [0.15, 0.2) is 39.4 Å². The maximum atomic E-state index is 5.69. The lowest BCUT2D eigenvalue weighted by atomic mass is 10.2. The number of nitrogens with one attached hydrogen (secondary N) is 1. The number of furan rings is 1. The monoisotopic (exact) mass is 271 g/mol. The van der Waals surface area contributed by atoms with Crippen molar-refractivity contribution in [3.05, 3.63) is 36.4 Å². The quantitative estimate of drug-likeness (QED) is 0.698. The second-order valence-corrected chi connectivity index (χ2v) is 4.65. The molecule has 0 fully saturated rings. The van der Waals surface area contributed by atoms with Crippen molar-refractivity contribution in [1.82, 2.24) is 15.5 Å². The molecule has 0 bridgehead atoms. The van der Waals surface area contributed by atoms with Gasteiger partial charge in [-0.1, -0.05) is 25.1 Å². The predicted octanol–water partition coefficient (Wildman–Crippen LogP) is 3.02. The Morgan fingerprint density at radius 2 is 2.05 bits per heavy atom. The standard InChI is InChI=1S/C15H17N3O2/c1-2-8-16-9-7-14-17-18-15(20-14)12-10-19-13-6-4-3-5-11(12)13/h3-6,10,16H,2,7-9H2,1H3. The van der Waals surface area contributed by atoms with Crippen LogP contribution in [0.5, 0.6) is 0 Å². The summed E-state index contributed by atoms with van der Waals surface area (Å²) in [7, 11) is 0. The van der Waals surface area contributed by atoms with Crippen LogP contribution < -0.4 is 5.32 Å². The Morgan fingerprint density at radius 1 is 1.15 bits per heavy atom. The van der Waals surface area contributed by atoms with Crippen molar-refractivity contribution >= 4 is 11.0 Å². The smallest absolute Gasteiger partial charge is 0.251 e. The zero-order valence-electron chi connectivity index (χ0n) is 11.4. The largest absolute Gasteiger partial charge is 0.463 e. The molecule has 2 heterocycles. The summed E-state index contributed by atoms with van der Waals surface area (Å²) < 4.78 is 11.2. The van der Waals surface area contributed by atoms with Gasteiger partial charge < -0.3 is 14.2 Å². The maximum absolute atomic E-state index is 5.69. The van der Waals surface area contributed by atoms with Crippen molar-refractivity contribution in [3.8, 4) is 11.5 Å². The molecule has 3 rings (SSSR count). The van der Waals surface area contributed by atoms with E-state index in [-0.39, 0.29) is 0 Å². The Balaban J connectivity index is 1.76. The molecule has 0 unspecified atom stereocenters. The van der Waals surface area contributed by atoms with Crippen LogP contribution in [0.3, 0.4) is 0 Å². The van der Waals surface area contributed by atoms with Crippen LogP contribution in [0.25, 0.3) is 22.4 Å². The molecule has 5 nitrogen and oxygen atoms in total. The van der Waals surface area contributed by atoms with Gasteiger partial charge in [0.05, 0.1) is 5.56 Å². The molecule has 0 saturated carbocycles. The fraction of sp³-hybridized carbons (Fsp3) is 0.333. The first-order chi connectivity index (χ1) is 9.88. The van der Waals surface area contributed by atoms with Crippen LogP contribution in [-0.4, -0.2) is 23.3 Å². The Labute approximate surface area is 117 Å². The Morgan fingerprint density at radius 3 is 2.95 bits per heavy atom. The molecule has 0 aliphatic rings.